The van der Waals surface area contributed by atoms with E-state index in [1.54, 1.807) is 0 Å². The lowest BCUT2D eigenvalue weighted by molar-refractivity contribution is 0.834. The Hall–Kier alpha value is -2.77. The van der Waals surface area contributed by atoms with Gasteiger partial charge in [0.05, 0.1) is 6.54 Å². The summed E-state index contributed by atoms with van der Waals surface area (Å²) in [6.45, 7) is 0.482. The summed E-state index contributed by atoms with van der Waals surface area (Å²) in [7, 11) is 0. The molecule has 0 spiro atoms. The molecule has 2 aromatic carbocycles. The van der Waals surface area contributed by atoms with E-state index in [0.29, 0.717) is 22.2 Å². The van der Waals surface area contributed by atoms with Crippen molar-refractivity contribution in [3.8, 4) is 11.3 Å². The maximum atomic E-state index is 12.6. The minimum Gasteiger partial charge on any atom is -0.378 e. The van der Waals surface area contributed by atoms with Gasteiger partial charge in [-0.3, -0.25) is 4.79 Å². The molecule has 0 amide bonds. The Kier molecular flexibility index (Phi) is 4.17. The fourth-order valence-electron chi connectivity index (χ4n) is 2.35. The molecule has 0 unspecified atom stereocenters. The van der Waals surface area contributed by atoms with Crippen LogP contribution < -0.4 is 10.9 Å². The second-order valence-electron chi connectivity index (χ2n) is 5.27. The first-order valence-electron chi connectivity index (χ1n) is 7.51. The van der Waals surface area contributed by atoms with Crippen molar-refractivity contribution in [2.45, 2.75) is 6.54 Å². The number of hydrogen-bond acceptors (Lipinski definition) is 6. The van der Waals surface area contributed by atoms with Crippen LogP contribution in [0.1, 0.15) is 5.01 Å². The Morgan fingerprint density at radius 3 is 2.56 bits per heavy atom. The smallest absolute Gasteiger partial charge is 0.302 e. The molecule has 4 aromatic rings. The number of aromatic nitrogens is 4. The lowest BCUT2D eigenvalue weighted by Gasteiger charge is -2.02. The van der Waals surface area contributed by atoms with E-state index in [-0.39, 0.29) is 5.56 Å². The number of benzene rings is 2. The third-order valence-corrected chi connectivity index (χ3v) is 4.72. The molecule has 0 aliphatic heterocycles. The van der Waals surface area contributed by atoms with E-state index >= 15 is 0 Å². The molecule has 0 radical (unpaired) electrons. The number of halogens is 1. The van der Waals surface area contributed by atoms with E-state index < -0.39 is 0 Å². The van der Waals surface area contributed by atoms with Gasteiger partial charge in [-0.2, -0.15) is 9.61 Å². The molecule has 25 heavy (non-hydrogen) atoms. The Bertz CT molecular complexity index is 1080. The molecule has 4 rings (SSSR count). The van der Waals surface area contributed by atoms with Crippen LogP contribution in [0.3, 0.4) is 0 Å². The van der Waals surface area contributed by atoms with Gasteiger partial charge in [0.25, 0.3) is 0 Å². The molecule has 0 saturated carbocycles. The number of fused-ring (bicyclic) bond motifs is 1. The topological polar surface area (TPSA) is 72.2 Å². The van der Waals surface area contributed by atoms with Crippen LogP contribution in [-0.2, 0) is 6.54 Å². The number of nitrogens with one attached hydrogen (secondary N) is 1. The maximum absolute atomic E-state index is 12.6. The van der Waals surface area contributed by atoms with Crippen LogP contribution in [0.5, 0.6) is 0 Å². The summed E-state index contributed by atoms with van der Waals surface area (Å²) < 4.78 is 1.30. The Labute approximate surface area is 151 Å². The second-order valence-corrected chi connectivity index (χ2v) is 6.75. The quantitative estimate of drug-likeness (QED) is 0.596. The zero-order chi connectivity index (χ0) is 17.2. The number of rotatable bonds is 4. The predicted octanol–water partition coefficient (Wildman–Crippen LogP) is 3.48. The van der Waals surface area contributed by atoms with Gasteiger partial charge in [-0.1, -0.05) is 53.3 Å². The van der Waals surface area contributed by atoms with Crippen LogP contribution in [0.4, 0.5) is 5.69 Å². The molecular formula is C17H12ClN5OS. The third-order valence-electron chi connectivity index (χ3n) is 3.57. The summed E-state index contributed by atoms with van der Waals surface area (Å²) in [5.74, 6) is 0. The average Bonchev–Trinajstić information content (AvgIpc) is 3.06. The molecule has 6 nitrogen and oxygen atoms in total. The lowest BCUT2D eigenvalue weighted by atomic mass is 10.2. The molecule has 0 aliphatic rings. The summed E-state index contributed by atoms with van der Waals surface area (Å²) in [5, 5.41) is 17.2. The first kappa shape index (κ1) is 15.7. The van der Waals surface area contributed by atoms with Crippen LogP contribution in [0.2, 0.25) is 5.02 Å². The molecule has 1 N–H and O–H groups in total. The van der Waals surface area contributed by atoms with Crippen molar-refractivity contribution >= 4 is 33.6 Å². The van der Waals surface area contributed by atoms with Gasteiger partial charge >= 0.3 is 5.56 Å². The zero-order valence-electron chi connectivity index (χ0n) is 12.9. The van der Waals surface area contributed by atoms with Gasteiger partial charge in [-0.15, -0.1) is 10.2 Å². The van der Waals surface area contributed by atoms with Crippen LogP contribution in [0.25, 0.3) is 16.2 Å². The standard InChI is InChI=1S/C17H12ClN5OS/c18-12-6-8-13(9-7-12)19-10-14-22-23-16(24)15(20-21-17(23)25-14)11-4-2-1-3-5-11/h1-9,19H,10H2. The molecule has 8 heteroatoms. The highest BCUT2D eigenvalue weighted by Gasteiger charge is 2.13. The molecule has 0 bridgehead atoms. The average molecular weight is 370 g/mol. The molecule has 0 atom stereocenters. The monoisotopic (exact) mass is 369 g/mol. The van der Waals surface area contributed by atoms with Crippen LogP contribution >= 0.6 is 22.9 Å². The van der Waals surface area contributed by atoms with E-state index in [1.165, 1.54) is 15.9 Å². The fraction of sp³-hybridized carbons (Fsp3) is 0.0588. The van der Waals surface area contributed by atoms with Gasteiger partial charge in [0.15, 0.2) is 5.69 Å². The normalized spacial score (nSPS) is 10.9. The van der Waals surface area contributed by atoms with Crippen molar-refractivity contribution < 1.29 is 0 Å². The Balaban J connectivity index is 1.63. The highest BCUT2D eigenvalue weighted by molar-refractivity contribution is 7.16. The van der Waals surface area contributed by atoms with Crippen LogP contribution in [-0.4, -0.2) is 19.8 Å². The first-order chi connectivity index (χ1) is 12.2. The zero-order valence-corrected chi connectivity index (χ0v) is 14.5. The van der Waals surface area contributed by atoms with Gasteiger partial charge in [0.1, 0.15) is 5.01 Å². The van der Waals surface area contributed by atoms with Crippen molar-refractivity contribution in [1.29, 1.82) is 0 Å². The van der Waals surface area contributed by atoms with Crippen molar-refractivity contribution in [3.05, 3.63) is 75.0 Å². The molecule has 2 aromatic heterocycles. The summed E-state index contributed by atoms with van der Waals surface area (Å²) >= 11 is 7.20. The minimum atomic E-state index is -0.273. The Morgan fingerprint density at radius 1 is 1.04 bits per heavy atom. The van der Waals surface area contributed by atoms with Crippen molar-refractivity contribution in [3.63, 3.8) is 0 Å². The number of anilines is 1. The van der Waals surface area contributed by atoms with Crippen molar-refractivity contribution in [2.75, 3.05) is 5.32 Å². The highest BCUT2D eigenvalue weighted by atomic mass is 35.5. The Morgan fingerprint density at radius 2 is 1.80 bits per heavy atom. The van der Waals surface area contributed by atoms with Gasteiger partial charge < -0.3 is 5.32 Å². The van der Waals surface area contributed by atoms with Gasteiger partial charge in [0, 0.05) is 16.3 Å². The minimum absolute atomic E-state index is 0.273. The van der Waals surface area contributed by atoms with Gasteiger partial charge in [-0.25, -0.2) is 0 Å². The summed E-state index contributed by atoms with van der Waals surface area (Å²) in [6.07, 6.45) is 0. The molecule has 124 valence electrons. The molecule has 0 saturated heterocycles. The van der Waals surface area contributed by atoms with E-state index in [1.807, 2.05) is 54.6 Å². The highest BCUT2D eigenvalue weighted by Crippen LogP contribution is 2.17. The van der Waals surface area contributed by atoms with E-state index in [0.717, 1.165) is 16.3 Å². The third kappa shape index (κ3) is 3.24. The lowest BCUT2D eigenvalue weighted by Crippen LogP contribution is -2.19. The van der Waals surface area contributed by atoms with Crippen molar-refractivity contribution in [2.24, 2.45) is 0 Å². The van der Waals surface area contributed by atoms with E-state index in [9.17, 15) is 4.79 Å². The first-order valence-corrected chi connectivity index (χ1v) is 8.70. The SMILES string of the molecule is O=c1c(-c2ccccc2)nnc2sc(CNc3ccc(Cl)cc3)nn12. The van der Waals surface area contributed by atoms with Gasteiger partial charge in [0.2, 0.25) is 4.96 Å². The largest absolute Gasteiger partial charge is 0.378 e. The van der Waals surface area contributed by atoms with E-state index in [4.69, 9.17) is 11.6 Å². The van der Waals surface area contributed by atoms with Crippen LogP contribution in [0.15, 0.2) is 59.4 Å². The predicted molar refractivity (Wildman–Crippen MR) is 99.1 cm³/mol. The number of hydrogen-bond donors (Lipinski definition) is 1. The van der Waals surface area contributed by atoms with E-state index in [2.05, 4.69) is 20.6 Å². The fourth-order valence-corrected chi connectivity index (χ4v) is 3.24. The van der Waals surface area contributed by atoms with Crippen molar-refractivity contribution in [1.82, 2.24) is 19.8 Å². The molecule has 0 aliphatic carbocycles. The maximum Gasteiger partial charge on any atom is 0.302 e. The molecular weight excluding hydrogens is 358 g/mol. The summed E-state index contributed by atoms with van der Waals surface area (Å²) in [6, 6.07) is 16.6. The van der Waals surface area contributed by atoms with Gasteiger partial charge in [-0.05, 0) is 24.3 Å². The molecule has 0 fully saturated rings. The number of nitrogens with zero attached hydrogens (tertiary/aromatic N) is 4. The molecule has 2 heterocycles. The summed E-state index contributed by atoms with van der Waals surface area (Å²) in [5.41, 5.74) is 1.67. The summed E-state index contributed by atoms with van der Waals surface area (Å²) in [4.78, 5) is 13.1. The van der Waals surface area contributed by atoms with Crippen LogP contribution in [0, 0.1) is 0 Å². The second kappa shape index (κ2) is 6.62.